The van der Waals surface area contributed by atoms with E-state index >= 15 is 0 Å². The van der Waals surface area contributed by atoms with Crippen LogP contribution in [0.2, 0.25) is 0 Å². The van der Waals surface area contributed by atoms with Gasteiger partial charge < -0.3 is 15.2 Å². The fraction of sp³-hybridized carbons (Fsp3) is 0.222. The molecule has 2 aromatic rings. The van der Waals surface area contributed by atoms with Crippen molar-refractivity contribution in [2.45, 2.75) is 20.3 Å². The van der Waals surface area contributed by atoms with E-state index in [0.29, 0.717) is 23.6 Å². The molecule has 0 aliphatic carbocycles. The van der Waals surface area contributed by atoms with Crippen LogP contribution in [0.4, 0.5) is 5.69 Å². The van der Waals surface area contributed by atoms with Gasteiger partial charge in [0.25, 0.3) is 5.91 Å². The van der Waals surface area contributed by atoms with Crippen molar-refractivity contribution in [2.75, 3.05) is 11.9 Å². The molecule has 0 heterocycles. The zero-order valence-electron chi connectivity index (χ0n) is 13.6. The lowest BCUT2D eigenvalue weighted by Gasteiger charge is -2.12. The summed E-state index contributed by atoms with van der Waals surface area (Å²) in [5.41, 5.74) is 1.98. The SMILES string of the molecule is CCOc1ccc(C(=O)NC(=S)Nc2cc(CC)ccc2O)cc1. The largest absolute Gasteiger partial charge is 0.506 e. The minimum atomic E-state index is -0.332. The van der Waals surface area contributed by atoms with E-state index in [-0.39, 0.29) is 16.8 Å². The Kier molecular flexibility index (Phi) is 6.14. The van der Waals surface area contributed by atoms with Crippen molar-refractivity contribution in [3.05, 3.63) is 53.6 Å². The Morgan fingerprint density at radius 1 is 1.17 bits per heavy atom. The number of rotatable bonds is 5. The van der Waals surface area contributed by atoms with Gasteiger partial charge in [-0.15, -0.1) is 0 Å². The summed E-state index contributed by atoms with van der Waals surface area (Å²) in [5, 5.41) is 15.4. The van der Waals surface area contributed by atoms with Crippen LogP contribution in [0.3, 0.4) is 0 Å². The molecule has 24 heavy (non-hydrogen) atoms. The minimum Gasteiger partial charge on any atom is -0.506 e. The Labute approximate surface area is 146 Å². The highest BCUT2D eigenvalue weighted by Crippen LogP contribution is 2.24. The van der Waals surface area contributed by atoms with Gasteiger partial charge in [0.1, 0.15) is 11.5 Å². The van der Waals surface area contributed by atoms with Gasteiger partial charge >= 0.3 is 0 Å². The summed E-state index contributed by atoms with van der Waals surface area (Å²) < 4.78 is 5.34. The number of phenols is 1. The predicted octanol–water partition coefficient (Wildman–Crippen LogP) is 3.48. The average Bonchev–Trinajstić information content (AvgIpc) is 2.57. The number of hydrogen-bond donors (Lipinski definition) is 3. The molecule has 0 fully saturated rings. The van der Waals surface area contributed by atoms with Gasteiger partial charge in [-0.25, -0.2) is 0 Å². The topological polar surface area (TPSA) is 70.6 Å². The van der Waals surface area contributed by atoms with Crippen LogP contribution in [-0.2, 0) is 6.42 Å². The third-order valence-electron chi connectivity index (χ3n) is 3.37. The van der Waals surface area contributed by atoms with E-state index in [1.165, 1.54) is 0 Å². The Hall–Kier alpha value is -2.60. The van der Waals surface area contributed by atoms with E-state index in [2.05, 4.69) is 10.6 Å². The van der Waals surface area contributed by atoms with Gasteiger partial charge in [0.2, 0.25) is 0 Å². The van der Waals surface area contributed by atoms with E-state index in [1.807, 2.05) is 19.9 Å². The van der Waals surface area contributed by atoms with Crippen molar-refractivity contribution in [3.63, 3.8) is 0 Å². The number of hydrogen-bond acceptors (Lipinski definition) is 4. The zero-order chi connectivity index (χ0) is 17.5. The number of anilines is 1. The maximum atomic E-state index is 12.2. The minimum absolute atomic E-state index is 0.0740. The second-order valence-corrected chi connectivity index (χ2v) is 5.48. The number of carbonyl (C=O) groups is 1. The smallest absolute Gasteiger partial charge is 0.257 e. The summed E-state index contributed by atoms with van der Waals surface area (Å²) in [4.78, 5) is 12.2. The lowest BCUT2D eigenvalue weighted by atomic mass is 10.1. The van der Waals surface area contributed by atoms with Crippen molar-refractivity contribution in [2.24, 2.45) is 0 Å². The molecule has 1 amide bonds. The molecule has 6 heteroatoms. The summed E-state index contributed by atoms with van der Waals surface area (Å²) in [6.45, 7) is 4.48. The third kappa shape index (κ3) is 4.70. The Morgan fingerprint density at radius 3 is 2.50 bits per heavy atom. The number of nitrogens with one attached hydrogen (secondary N) is 2. The van der Waals surface area contributed by atoms with Crippen molar-refractivity contribution in [3.8, 4) is 11.5 Å². The lowest BCUT2D eigenvalue weighted by molar-refractivity contribution is 0.0977. The molecular weight excluding hydrogens is 324 g/mol. The van der Waals surface area contributed by atoms with Gasteiger partial charge in [-0.1, -0.05) is 13.0 Å². The molecule has 0 unspecified atom stereocenters. The summed E-state index contributed by atoms with van der Waals surface area (Å²) in [6, 6.07) is 12.0. The summed E-state index contributed by atoms with van der Waals surface area (Å²) in [5.74, 6) is 0.447. The fourth-order valence-corrected chi connectivity index (χ4v) is 2.30. The number of thiocarbonyl (C=S) groups is 1. The molecule has 0 saturated heterocycles. The summed E-state index contributed by atoms with van der Waals surface area (Å²) in [7, 11) is 0. The van der Waals surface area contributed by atoms with Gasteiger partial charge in [-0.3, -0.25) is 10.1 Å². The first kappa shape index (κ1) is 17.7. The van der Waals surface area contributed by atoms with Crippen molar-refractivity contribution in [1.82, 2.24) is 5.32 Å². The highest BCUT2D eigenvalue weighted by Gasteiger charge is 2.10. The first-order valence-electron chi connectivity index (χ1n) is 7.70. The van der Waals surface area contributed by atoms with Crippen LogP contribution in [0.5, 0.6) is 11.5 Å². The number of phenolic OH excluding ortho intramolecular Hbond substituents is 1. The van der Waals surface area contributed by atoms with E-state index in [4.69, 9.17) is 17.0 Å². The Bertz CT molecular complexity index is 730. The molecule has 126 valence electrons. The molecule has 0 spiro atoms. The van der Waals surface area contributed by atoms with Gasteiger partial charge in [0.15, 0.2) is 5.11 Å². The fourth-order valence-electron chi connectivity index (χ4n) is 2.10. The predicted molar refractivity (Wildman–Crippen MR) is 98.8 cm³/mol. The number of ether oxygens (including phenoxy) is 1. The molecule has 0 aliphatic heterocycles. The molecule has 0 aliphatic rings. The van der Waals surface area contributed by atoms with Crippen LogP contribution in [0.25, 0.3) is 0 Å². The molecule has 3 N–H and O–H groups in total. The Balaban J connectivity index is 2.00. The molecule has 0 aromatic heterocycles. The van der Waals surface area contributed by atoms with Crippen LogP contribution >= 0.6 is 12.2 Å². The van der Waals surface area contributed by atoms with E-state index in [1.54, 1.807) is 36.4 Å². The molecule has 0 radical (unpaired) electrons. The van der Waals surface area contributed by atoms with Crippen LogP contribution in [0.1, 0.15) is 29.8 Å². The van der Waals surface area contributed by atoms with Crippen molar-refractivity contribution < 1.29 is 14.6 Å². The molecule has 2 aromatic carbocycles. The summed E-state index contributed by atoms with van der Waals surface area (Å²) >= 11 is 5.14. The highest BCUT2D eigenvalue weighted by atomic mass is 32.1. The van der Waals surface area contributed by atoms with E-state index in [9.17, 15) is 9.90 Å². The van der Waals surface area contributed by atoms with E-state index in [0.717, 1.165) is 12.0 Å². The number of aromatic hydroxyl groups is 1. The van der Waals surface area contributed by atoms with Gasteiger partial charge in [-0.05, 0) is 67.5 Å². The van der Waals surface area contributed by atoms with E-state index < -0.39 is 0 Å². The maximum absolute atomic E-state index is 12.2. The quantitative estimate of drug-likeness (QED) is 0.572. The highest BCUT2D eigenvalue weighted by molar-refractivity contribution is 7.80. The second-order valence-electron chi connectivity index (χ2n) is 5.07. The van der Waals surface area contributed by atoms with Gasteiger partial charge in [0, 0.05) is 5.56 Å². The molecular formula is C18H20N2O3S. The van der Waals surface area contributed by atoms with Crippen molar-refractivity contribution in [1.29, 1.82) is 0 Å². The standard InChI is InChI=1S/C18H20N2O3S/c1-3-12-5-10-16(21)15(11-12)19-18(24)20-17(22)13-6-8-14(9-7-13)23-4-2/h5-11,21H,3-4H2,1-2H3,(H2,19,20,22,24). The monoisotopic (exact) mass is 344 g/mol. The van der Waals surface area contributed by atoms with Crippen LogP contribution in [0.15, 0.2) is 42.5 Å². The number of carbonyl (C=O) groups excluding carboxylic acids is 1. The Morgan fingerprint density at radius 2 is 1.88 bits per heavy atom. The van der Waals surface area contributed by atoms with Crippen LogP contribution < -0.4 is 15.4 Å². The van der Waals surface area contributed by atoms with Gasteiger partial charge in [-0.2, -0.15) is 0 Å². The van der Waals surface area contributed by atoms with Crippen molar-refractivity contribution >= 4 is 28.9 Å². The second kappa shape index (κ2) is 8.31. The summed E-state index contributed by atoms with van der Waals surface area (Å²) in [6.07, 6.45) is 0.834. The van der Waals surface area contributed by atoms with Crippen LogP contribution in [-0.4, -0.2) is 22.7 Å². The first-order valence-corrected chi connectivity index (χ1v) is 8.11. The molecule has 0 saturated carbocycles. The maximum Gasteiger partial charge on any atom is 0.257 e. The molecule has 0 bridgehead atoms. The normalized spacial score (nSPS) is 10.1. The lowest BCUT2D eigenvalue weighted by Crippen LogP contribution is -2.34. The number of benzene rings is 2. The van der Waals surface area contributed by atoms with Gasteiger partial charge in [0.05, 0.1) is 12.3 Å². The molecule has 2 rings (SSSR count). The van der Waals surface area contributed by atoms with Crippen LogP contribution in [0, 0.1) is 0 Å². The zero-order valence-corrected chi connectivity index (χ0v) is 14.4. The molecule has 0 atom stereocenters. The third-order valence-corrected chi connectivity index (χ3v) is 3.58. The molecule has 5 nitrogen and oxygen atoms in total. The average molecular weight is 344 g/mol. The number of amides is 1. The first-order chi connectivity index (χ1) is 11.5. The number of aryl methyl sites for hydroxylation is 1.